The van der Waals surface area contributed by atoms with Gasteiger partial charge in [0.05, 0.1) is 12.0 Å². The molecule has 2 amide bonds. The minimum atomic E-state index is -0.526. The zero-order valence-electron chi connectivity index (χ0n) is 15.0. The Morgan fingerprint density at radius 2 is 1.85 bits per heavy atom. The van der Waals surface area contributed by atoms with Gasteiger partial charge in [-0.25, -0.2) is 5.48 Å². The van der Waals surface area contributed by atoms with Crippen molar-refractivity contribution >= 4 is 11.8 Å². The van der Waals surface area contributed by atoms with Crippen LogP contribution in [0, 0.1) is 11.3 Å². The smallest absolute Gasteiger partial charge is 0.248 e. The molecule has 0 radical (unpaired) electrons. The Bertz CT molecular complexity index is 666. The van der Waals surface area contributed by atoms with Crippen molar-refractivity contribution in [1.82, 2.24) is 15.7 Å². The number of nitrogens with one attached hydrogen (secondary N) is 2. The number of likely N-dealkylation sites (tertiary alicyclic amines) is 1. The number of hydrogen-bond acceptors (Lipinski definition) is 4. The molecule has 2 saturated heterocycles. The molecule has 2 heterocycles. The second-order valence-corrected chi connectivity index (χ2v) is 8.16. The molecule has 1 saturated carbocycles. The van der Waals surface area contributed by atoms with Crippen molar-refractivity contribution in [2.45, 2.75) is 44.1 Å². The molecule has 4 rings (SSSR count). The molecule has 26 heavy (non-hydrogen) atoms. The Balaban J connectivity index is 1.40. The number of carbonyl (C=O) groups is 2. The van der Waals surface area contributed by atoms with E-state index in [0.717, 1.165) is 45.3 Å². The molecular formula is C20H27N3O3. The van der Waals surface area contributed by atoms with Crippen LogP contribution in [0.5, 0.6) is 0 Å². The van der Waals surface area contributed by atoms with Crippen LogP contribution in [0.3, 0.4) is 0 Å². The molecule has 1 aromatic rings. The van der Waals surface area contributed by atoms with Gasteiger partial charge in [-0.15, -0.1) is 0 Å². The first-order chi connectivity index (χ1) is 12.6. The molecule has 0 bridgehead atoms. The molecular weight excluding hydrogens is 330 g/mol. The molecule has 3 fully saturated rings. The monoisotopic (exact) mass is 357 g/mol. The lowest BCUT2D eigenvalue weighted by atomic mass is 9.81. The highest BCUT2D eigenvalue weighted by atomic mass is 16.5. The third-order valence-corrected chi connectivity index (χ3v) is 6.50. The number of amides is 2. The summed E-state index contributed by atoms with van der Waals surface area (Å²) in [4.78, 5) is 27.1. The Morgan fingerprint density at radius 1 is 1.15 bits per heavy atom. The number of hydroxylamine groups is 1. The minimum Gasteiger partial charge on any atom is -0.341 e. The standard InChI is InChI=1S/C20H27N3O3/c24-18(22-26)16-12-20(8-9-20)13-21-17(16)19(25)23-10-6-15(7-11-23)14-4-2-1-3-5-14/h1-5,15-17,21,26H,6-13H2,(H,22,24)/t16-,17-/m0/s1. The maximum absolute atomic E-state index is 13.1. The summed E-state index contributed by atoms with van der Waals surface area (Å²) in [5.74, 6) is -0.442. The molecule has 0 unspecified atom stereocenters. The third kappa shape index (κ3) is 3.35. The summed E-state index contributed by atoms with van der Waals surface area (Å²) in [7, 11) is 0. The zero-order valence-corrected chi connectivity index (χ0v) is 15.0. The normalized spacial score (nSPS) is 28.0. The van der Waals surface area contributed by atoms with Gasteiger partial charge in [0, 0.05) is 19.6 Å². The van der Waals surface area contributed by atoms with Gasteiger partial charge >= 0.3 is 0 Å². The second-order valence-electron chi connectivity index (χ2n) is 8.16. The summed E-state index contributed by atoms with van der Waals surface area (Å²) in [5, 5.41) is 12.4. The number of rotatable bonds is 3. The van der Waals surface area contributed by atoms with E-state index in [4.69, 9.17) is 5.21 Å². The van der Waals surface area contributed by atoms with Crippen LogP contribution in [0.1, 0.15) is 43.6 Å². The predicted molar refractivity (Wildman–Crippen MR) is 96.5 cm³/mol. The molecule has 1 aromatic carbocycles. The first-order valence-corrected chi connectivity index (χ1v) is 9.63. The van der Waals surface area contributed by atoms with Crippen molar-refractivity contribution in [2.75, 3.05) is 19.6 Å². The lowest BCUT2D eigenvalue weighted by molar-refractivity contribution is -0.145. The Morgan fingerprint density at radius 3 is 2.46 bits per heavy atom. The third-order valence-electron chi connectivity index (χ3n) is 6.50. The maximum Gasteiger partial charge on any atom is 0.248 e. The number of benzene rings is 1. The highest BCUT2D eigenvalue weighted by Gasteiger charge is 2.52. The fourth-order valence-corrected chi connectivity index (χ4v) is 4.62. The van der Waals surface area contributed by atoms with E-state index in [1.165, 1.54) is 5.56 Å². The van der Waals surface area contributed by atoms with Crippen LogP contribution < -0.4 is 10.8 Å². The van der Waals surface area contributed by atoms with Crippen molar-refractivity contribution in [1.29, 1.82) is 0 Å². The molecule has 0 aromatic heterocycles. The Hall–Kier alpha value is -1.92. The van der Waals surface area contributed by atoms with Crippen LogP contribution >= 0.6 is 0 Å². The highest BCUT2D eigenvalue weighted by Crippen LogP contribution is 2.52. The molecule has 1 spiro atoms. The van der Waals surface area contributed by atoms with E-state index in [1.54, 1.807) is 5.48 Å². The molecule has 3 N–H and O–H groups in total. The number of nitrogens with zero attached hydrogens (tertiary/aromatic N) is 1. The van der Waals surface area contributed by atoms with Crippen molar-refractivity contribution < 1.29 is 14.8 Å². The van der Waals surface area contributed by atoms with Gasteiger partial charge in [0.25, 0.3) is 0 Å². The van der Waals surface area contributed by atoms with Crippen LogP contribution in [0.25, 0.3) is 0 Å². The van der Waals surface area contributed by atoms with E-state index in [2.05, 4.69) is 29.6 Å². The number of hydrogen-bond donors (Lipinski definition) is 3. The Labute approximate surface area is 153 Å². The first kappa shape index (κ1) is 17.5. The predicted octanol–water partition coefficient (Wildman–Crippen LogP) is 1.66. The van der Waals surface area contributed by atoms with Gasteiger partial charge in [-0.05, 0) is 49.0 Å². The molecule has 2 aliphatic heterocycles. The molecule has 6 heteroatoms. The molecule has 3 aliphatic rings. The fourth-order valence-electron chi connectivity index (χ4n) is 4.62. The largest absolute Gasteiger partial charge is 0.341 e. The van der Waals surface area contributed by atoms with Crippen molar-refractivity contribution in [2.24, 2.45) is 11.3 Å². The van der Waals surface area contributed by atoms with Crippen molar-refractivity contribution in [3.05, 3.63) is 35.9 Å². The highest BCUT2D eigenvalue weighted by molar-refractivity contribution is 5.90. The van der Waals surface area contributed by atoms with Crippen LogP contribution in [0.4, 0.5) is 0 Å². The van der Waals surface area contributed by atoms with Crippen LogP contribution in [0.15, 0.2) is 30.3 Å². The quantitative estimate of drug-likeness (QED) is 0.568. The van der Waals surface area contributed by atoms with Gasteiger partial charge in [0.1, 0.15) is 0 Å². The Kier molecular flexibility index (Phi) is 4.71. The summed E-state index contributed by atoms with van der Waals surface area (Å²) >= 11 is 0. The fraction of sp³-hybridized carbons (Fsp3) is 0.600. The SMILES string of the molecule is O=C(NO)[C@H]1CC2(CC2)CN[C@@H]1C(=O)N1CCC(c2ccccc2)CC1. The summed E-state index contributed by atoms with van der Waals surface area (Å²) in [6, 6.07) is 9.93. The topological polar surface area (TPSA) is 81.7 Å². The van der Waals surface area contributed by atoms with Gasteiger partial charge in [0.15, 0.2) is 0 Å². The van der Waals surface area contributed by atoms with Crippen molar-refractivity contribution in [3.63, 3.8) is 0 Å². The van der Waals surface area contributed by atoms with Crippen molar-refractivity contribution in [3.8, 4) is 0 Å². The number of carbonyl (C=O) groups excluding carboxylic acids is 2. The van der Waals surface area contributed by atoms with E-state index in [1.807, 2.05) is 11.0 Å². The average Bonchev–Trinajstić information content (AvgIpc) is 3.46. The first-order valence-electron chi connectivity index (χ1n) is 9.63. The molecule has 1 aliphatic carbocycles. The average molecular weight is 357 g/mol. The number of piperidine rings is 2. The van der Waals surface area contributed by atoms with E-state index < -0.39 is 17.9 Å². The van der Waals surface area contributed by atoms with Gasteiger partial charge in [-0.2, -0.15) is 0 Å². The molecule has 140 valence electrons. The van der Waals surface area contributed by atoms with E-state index >= 15 is 0 Å². The summed E-state index contributed by atoms with van der Waals surface area (Å²) in [5.41, 5.74) is 3.26. The molecule has 6 nitrogen and oxygen atoms in total. The van der Waals surface area contributed by atoms with Gasteiger partial charge in [-0.1, -0.05) is 30.3 Å². The summed E-state index contributed by atoms with van der Waals surface area (Å²) in [6.07, 6.45) is 4.77. The zero-order chi connectivity index (χ0) is 18.1. The van der Waals surface area contributed by atoms with E-state index in [0.29, 0.717) is 12.3 Å². The lowest BCUT2D eigenvalue weighted by Gasteiger charge is -2.40. The maximum atomic E-state index is 13.1. The lowest BCUT2D eigenvalue weighted by Crippen LogP contribution is -2.59. The van der Waals surface area contributed by atoms with E-state index in [-0.39, 0.29) is 11.3 Å². The molecule has 2 atom stereocenters. The minimum absolute atomic E-state index is 0.000566. The van der Waals surface area contributed by atoms with Gasteiger partial charge in [-0.3, -0.25) is 14.8 Å². The van der Waals surface area contributed by atoms with Crippen LogP contribution in [-0.2, 0) is 9.59 Å². The van der Waals surface area contributed by atoms with Gasteiger partial charge in [0.2, 0.25) is 11.8 Å². The second kappa shape index (κ2) is 7.00. The van der Waals surface area contributed by atoms with Crippen LogP contribution in [0.2, 0.25) is 0 Å². The summed E-state index contributed by atoms with van der Waals surface area (Å²) < 4.78 is 0. The van der Waals surface area contributed by atoms with E-state index in [9.17, 15) is 9.59 Å². The summed E-state index contributed by atoms with van der Waals surface area (Å²) in [6.45, 7) is 2.23. The van der Waals surface area contributed by atoms with Crippen LogP contribution in [-0.4, -0.2) is 47.6 Å². The van der Waals surface area contributed by atoms with Gasteiger partial charge < -0.3 is 10.2 Å².